The van der Waals surface area contributed by atoms with Crippen LogP contribution in [0, 0.1) is 0 Å². The van der Waals surface area contributed by atoms with E-state index < -0.39 is 0 Å². The minimum Gasteiger partial charge on any atom is -0.316 e. The summed E-state index contributed by atoms with van der Waals surface area (Å²) in [4.78, 5) is 0. The normalized spacial score (nSPS) is 10.7. The lowest BCUT2D eigenvalue weighted by atomic mass is 10.1. The number of hydrogen-bond donors (Lipinski definition) is 1. The lowest BCUT2D eigenvalue weighted by Gasteiger charge is -2.04. The van der Waals surface area contributed by atoms with E-state index in [1.807, 2.05) is 19.2 Å². The summed E-state index contributed by atoms with van der Waals surface area (Å²) in [6.45, 7) is 0.876. The van der Waals surface area contributed by atoms with Crippen molar-refractivity contribution in [3.8, 4) is 0 Å². The second kappa shape index (κ2) is 3.99. The van der Waals surface area contributed by atoms with E-state index in [1.54, 1.807) is 0 Å². The molecule has 0 bridgehead atoms. The molecule has 0 unspecified atom stereocenters. The Morgan fingerprint density at radius 2 is 2.07 bits per heavy atom. The Labute approximate surface area is 88.7 Å². The molecule has 0 aromatic heterocycles. The average molecular weight is 206 g/mol. The Hall–Kier alpha value is -1.05. The third-order valence-electron chi connectivity index (χ3n) is 2.27. The molecule has 0 saturated carbocycles. The quantitative estimate of drug-likeness (QED) is 0.794. The highest BCUT2D eigenvalue weighted by Crippen LogP contribution is 2.24. The monoisotopic (exact) mass is 205 g/mol. The van der Waals surface area contributed by atoms with Crippen LogP contribution in [0.2, 0.25) is 5.02 Å². The highest BCUT2D eigenvalue weighted by Gasteiger charge is 1.99. The van der Waals surface area contributed by atoms with Gasteiger partial charge >= 0.3 is 0 Å². The van der Waals surface area contributed by atoms with Crippen molar-refractivity contribution in [2.24, 2.45) is 0 Å². The maximum absolute atomic E-state index is 6.11. The molecular weight excluding hydrogens is 194 g/mol. The molecule has 0 fully saturated rings. The Balaban J connectivity index is 2.58. The van der Waals surface area contributed by atoms with Crippen LogP contribution in [0.5, 0.6) is 0 Å². The van der Waals surface area contributed by atoms with Crippen molar-refractivity contribution in [1.82, 2.24) is 5.32 Å². The van der Waals surface area contributed by atoms with Crippen molar-refractivity contribution in [3.05, 3.63) is 47.0 Å². The largest absolute Gasteiger partial charge is 0.316 e. The van der Waals surface area contributed by atoms with Crippen molar-refractivity contribution in [2.75, 3.05) is 7.05 Å². The SMILES string of the molecule is CNCc1ccc2cccc(Cl)c2c1. The summed E-state index contributed by atoms with van der Waals surface area (Å²) in [5.41, 5.74) is 1.26. The number of hydrogen-bond acceptors (Lipinski definition) is 1. The van der Waals surface area contributed by atoms with Crippen molar-refractivity contribution in [3.63, 3.8) is 0 Å². The minimum absolute atomic E-state index is 0.820. The van der Waals surface area contributed by atoms with Gasteiger partial charge in [0.1, 0.15) is 0 Å². The number of benzene rings is 2. The Morgan fingerprint density at radius 1 is 1.21 bits per heavy atom. The zero-order valence-corrected chi connectivity index (χ0v) is 8.81. The van der Waals surface area contributed by atoms with E-state index in [1.165, 1.54) is 10.9 Å². The molecule has 14 heavy (non-hydrogen) atoms. The fourth-order valence-electron chi connectivity index (χ4n) is 1.60. The fourth-order valence-corrected chi connectivity index (χ4v) is 1.83. The van der Waals surface area contributed by atoms with Gasteiger partial charge in [0, 0.05) is 17.0 Å². The van der Waals surface area contributed by atoms with E-state index in [2.05, 4.69) is 29.6 Å². The van der Waals surface area contributed by atoms with Crippen molar-refractivity contribution >= 4 is 22.4 Å². The topological polar surface area (TPSA) is 12.0 Å². The molecule has 72 valence electrons. The van der Waals surface area contributed by atoms with Crippen LogP contribution in [0.25, 0.3) is 10.8 Å². The second-order valence-electron chi connectivity index (χ2n) is 3.33. The average Bonchev–Trinajstić information content (AvgIpc) is 2.20. The summed E-state index contributed by atoms with van der Waals surface area (Å²) in [7, 11) is 1.94. The highest BCUT2D eigenvalue weighted by atomic mass is 35.5. The van der Waals surface area contributed by atoms with Gasteiger partial charge in [-0.2, -0.15) is 0 Å². The summed E-state index contributed by atoms with van der Waals surface area (Å²) in [6, 6.07) is 12.3. The zero-order chi connectivity index (χ0) is 9.97. The molecule has 0 aliphatic heterocycles. The Kier molecular flexibility index (Phi) is 2.71. The number of rotatable bonds is 2. The van der Waals surface area contributed by atoms with Gasteiger partial charge in [-0.25, -0.2) is 0 Å². The lowest BCUT2D eigenvalue weighted by molar-refractivity contribution is 0.819. The summed E-state index contributed by atoms with van der Waals surface area (Å²) in [6.07, 6.45) is 0. The first kappa shape index (κ1) is 9.50. The Morgan fingerprint density at radius 3 is 2.86 bits per heavy atom. The van der Waals surface area contributed by atoms with Crippen molar-refractivity contribution in [2.45, 2.75) is 6.54 Å². The molecular formula is C12H12ClN. The van der Waals surface area contributed by atoms with Gasteiger partial charge in [0.25, 0.3) is 0 Å². The first-order chi connectivity index (χ1) is 6.81. The molecule has 0 aliphatic rings. The molecule has 0 aliphatic carbocycles. The maximum Gasteiger partial charge on any atom is 0.0484 e. The zero-order valence-electron chi connectivity index (χ0n) is 8.05. The summed E-state index contributed by atoms with van der Waals surface area (Å²) in [5, 5.41) is 6.26. The van der Waals surface area contributed by atoms with Crippen molar-refractivity contribution < 1.29 is 0 Å². The van der Waals surface area contributed by atoms with Crippen LogP contribution >= 0.6 is 11.6 Å². The van der Waals surface area contributed by atoms with Crippen LogP contribution in [0.1, 0.15) is 5.56 Å². The van der Waals surface area contributed by atoms with Crippen LogP contribution in [0.4, 0.5) is 0 Å². The maximum atomic E-state index is 6.11. The van der Waals surface area contributed by atoms with Gasteiger partial charge in [-0.05, 0) is 30.1 Å². The summed E-state index contributed by atoms with van der Waals surface area (Å²) in [5.74, 6) is 0. The Bertz CT molecular complexity index is 451. The van der Waals surface area contributed by atoms with Crippen LogP contribution in [-0.2, 0) is 6.54 Å². The van der Waals surface area contributed by atoms with E-state index >= 15 is 0 Å². The molecule has 0 spiro atoms. The third kappa shape index (κ3) is 1.74. The van der Waals surface area contributed by atoms with E-state index in [4.69, 9.17) is 11.6 Å². The highest BCUT2D eigenvalue weighted by molar-refractivity contribution is 6.35. The van der Waals surface area contributed by atoms with Gasteiger partial charge in [-0.1, -0.05) is 35.9 Å². The number of fused-ring (bicyclic) bond motifs is 1. The number of nitrogens with one attached hydrogen (secondary N) is 1. The number of halogens is 1. The van der Waals surface area contributed by atoms with E-state index in [0.29, 0.717) is 0 Å². The standard InChI is InChI=1S/C12H12ClN/c1-14-8-9-5-6-10-3-2-4-12(13)11(10)7-9/h2-7,14H,8H2,1H3. The summed E-state index contributed by atoms with van der Waals surface area (Å²) < 4.78 is 0. The third-order valence-corrected chi connectivity index (χ3v) is 2.60. The van der Waals surface area contributed by atoms with Crippen LogP contribution < -0.4 is 5.32 Å². The van der Waals surface area contributed by atoms with Gasteiger partial charge in [0.05, 0.1) is 0 Å². The van der Waals surface area contributed by atoms with Gasteiger partial charge in [0.2, 0.25) is 0 Å². The van der Waals surface area contributed by atoms with Crippen LogP contribution in [0.15, 0.2) is 36.4 Å². The predicted molar refractivity (Wildman–Crippen MR) is 61.7 cm³/mol. The lowest BCUT2D eigenvalue weighted by Crippen LogP contribution is -2.04. The molecule has 0 amide bonds. The second-order valence-corrected chi connectivity index (χ2v) is 3.73. The molecule has 2 aromatic carbocycles. The predicted octanol–water partition coefficient (Wildman–Crippen LogP) is 3.21. The van der Waals surface area contributed by atoms with Crippen LogP contribution in [-0.4, -0.2) is 7.05 Å². The van der Waals surface area contributed by atoms with Gasteiger partial charge in [0.15, 0.2) is 0 Å². The van der Waals surface area contributed by atoms with E-state index in [-0.39, 0.29) is 0 Å². The molecule has 1 N–H and O–H groups in total. The summed E-state index contributed by atoms with van der Waals surface area (Å²) >= 11 is 6.11. The minimum atomic E-state index is 0.820. The van der Waals surface area contributed by atoms with Gasteiger partial charge < -0.3 is 5.32 Å². The first-order valence-corrected chi connectivity index (χ1v) is 5.01. The first-order valence-electron chi connectivity index (χ1n) is 4.63. The van der Waals surface area contributed by atoms with Gasteiger partial charge in [-0.3, -0.25) is 0 Å². The molecule has 2 rings (SSSR count). The van der Waals surface area contributed by atoms with Crippen LogP contribution in [0.3, 0.4) is 0 Å². The van der Waals surface area contributed by atoms with E-state index in [9.17, 15) is 0 Å². The fraction of sp³-hybridized carbons (Fsp3) is 0.167. The van der Waals surface area contributed by atoms with E-state index in [0.717, 1.165) is 17.0 Å². The molecule has 2 heteroatoms. The molecule has 0 atom stereocenters. The van der Waals surface area contributed by atoms with Crippen molar-refractivity contribution in [1.29, 1.82) is 0 Å². The molecule has 0 saturated heterocycles. The molecule has 1 nitrogen and oxygen atoms in total. The molecule has 2 aromatic rings. The smallest absolute Gasteiger partial charge is 0.0484 e. The van der Waals surface area contributed by atoms with Gasteiger partial charge in [-0.15, -0.1) is 0 Å². The molecule has 0 heterocycles. The molecule has 0 radical (unpaired) electrons.